The molecule has 1 amide bonds. The third kappa shape index (κ3) is 3.48. The van der Waals surface area contributed by atoms with E-state index in [2.05, 4.69) is 22.4 Å². The molecule has 3 aromatic rings. The third-order valence-corrected chi connectivity index (χ3v) is 5.46. The zero-order valence-corrected chi connectivity index (χ0v) is 15.3. The van der Waals surface area contributed by atoms with Gasteiger partial charge in [0.15, 0.2) is 0 Å². The van der Waals surface area contributed by atoms with Crippen molar-refractivity contribution in [3.63, 3.8) is 0 Å². The minimum Gasteiger partial charge on any atom is -0.361 e. The first kappa shape index (κ1) is 17.1. The molecule has 5 heteroatoms. The van der Waals surface area contributed by atoms with Crippen LogP contribution in [0.1, 0.15) is 11.1 Å². The Hall–Kier alpha value is -2.30. The van der Waals surface area contributed by atoms with Crippen molar-refractivity contribution in [2.45, 2.75) is 18.9 Å². The fourth-order valence-electron chi connectivity index (χ4n) is 3.65. The number of benzene rings is 2. The number of carbonyl (C=O) groups excluding carboxylic acids is 1. The second-order valence-corrected chi connectivity index (χ2v) is 7.14. The quantitative estimate of drug-likeness (QED) is 0.726. The lowest BCUT2D eigenvalue weighted by atomic mass is 10.0. The summed E-state index contributed by atoms with van der Waals surface area (Å²) in [6.07, 6.45) is 3.50. The maximum atomic E-state index is 12.9. The van der Waals surface area contributed by atoms with Gasteiger partial charge in [-0.25, -0.2) is 0 Å². The van der Waals surface area contributed by atoms with Gasteiger partial charge >= 0.3 is 0 Å². The van der Waals surface area contributed by atoms with Gasteiger partial charge in [0.1, 0.15) is 0 Å². The van der Waals surface area contributed by atoms with Crippen LogP contribution in [0.25, 0.3) is 10.9 Å². The highest BCUT2D eigenvalue weighted by Gasteiger charge is 2.28. The van der Waals surface area contributed by atoms with Gasteiger partial charge in [-0.2, -0.15) is 0 Å². The van der Waals surface area contributed by atoms with Crippen LogP contribution >= 0.6 is 11.6 Å². The lowest BCUT2D eigenvalue weighted by molar-refractivity contribution is -0.135. The summed E-state index contributed by atoms with van der Waals surface area (Å²) in [5.74, 6) is 0.175. The monoisotopic (exact) mass is 367 g/mol. The van der Waals surface area contributed by atoms with Crippen LogP contribution in [-0.4, -0.2) is 41.5 Å². The largest absolute Gasteiger partial charge is 0.361 e. The van der Waals surface area contributed by atoms with Crippen LogP contribution in [-0.2, 0) is 17.6 Å². The number of fused-ring (bicyclic) bond motifs is 1. The van der Waals surface area contributed by atoms with Crippen molar-refractivity contribution in [2.75, 3.05) is 19.6 Å². The van der Waals surface area contributed by atoms with E-state index in [-0.39, 0.29) is 11.9 Å². The maximum absolute atomic E-state index is 12.9. The molecule has 1 aromatic heterocycles. The van der Waals surface area contributed by atoms with Crippen molar-refractivity contribution >= 4 is 28.4 Å². The van der Waals surface area contributed by atoms with E-state index in [0.29, 0.717) is 13.0 Å². The summed E-state index contributed by atoms with van der Waals surface area (Å²) in [4.78, 5) is 18.2. The van der Waals surface area contributed by atoms with E-state index in [1.807, 2.05) is 47.5 Å². The summed E-state index contributed by atoms with van der Waals surface area (Å²) in [7, 11) is 0. The predicted octanol–water partition coefficient (Wildman–Crippen LogP) is 3.41. The molecule has 0 aliphatic carbocycles. The van der Waals surface area contributed by atoms with E-state index >= 15 is 0 Å². The standard InChI is InChI=1S/C21H22ClN3O/c22-18-7-3-1-5-15(18)9-11-25-12-10-23-20(21(25)26)13-16-14-24-19-8-4-2-6-17(16)19/h1-8,14,20,23-24H,9-13H2/t20-/m0/s1. The molecule has 0 unspecified atom stereocenters. The number of aromatic amines is 1. The van der Waals surface area contributed by atoms with Crippen LogP contribution in [0.2, 0.25) is 5.02 Å². The maximum Gasteiger partial charge on any atom is 0.240 e. The molecule has 26 heavy (non-hydrogen) atoms. The van der Waals surface area contributed by atoms with Gasteiger partial charge in [0.25, 0.3) is 0 Å². The minimum atomic E-state index is -0.172. The Bertz CT molecular complexity index is 920. The Morgan fingerprint density at radius 1 is 1.08 bits per heavy atom. The molecule has 4 nitrogen and oxygen atoms in total. The zero-order chi connectivity index (χ0) is 17.9. The van der Waals surface area contributed by atoms with E-state index in [9.17, 15) is 4.79 Å². The fourth-order valence-corrected chi connectivity index (χ4v) is 3.88. The molecular formula is C21H22ClN3O. The molecule has 2 N–H and O–H groups in total. The van der Waals surface area contributed by atoms with Gasteiger partial charge in [-0.3, -0.25) is 4.79 Å². The van der Waals surface area contributed by atoms with E-state index in [4.69, 9.17) is 11.6 Å². The summed E-state index contributed by atoms with van der Waals surface area (Å²) in [5.41, 5.74) is 3.38. The molecule has 4 rings (SSSR count). The Labute approximate surface area is 158 Å². The van der Waals surface area contributed by atoms with E-state index < -0.39 is 0 Å². The smallest absolute Gasteiger partial charge is 0.240 e. The number of carbonyl (C=O) groups is 1. The summed E-state index contributed by atoms with van der Waals surface area (Å²) < 4.78 is 0. The van der Waals surface area contributed by atoms with Crippen LogP contribution in [0.4, 0.5) is 0 Å². The van der Waals surface area contributed by atoms with Gasteiger partial charge in [-0.1, -0.05) is 48.0 Å². The molecule has 1 aliphatic rings. The van der Waals surface area contributed by atoms with E-state index in [1.165, 1.54) is 10.9 Å². The molecule has 1 aliphatic heterocycles. The molecule has 0 spiro atoms. The lowest BCUT2D eigenvalue weighted by Gasteiger charge is -2.33. The number of amides is 1. The van der Waals surface area contributed by atoms with Gasteiger partial charge in [-0.15, -0.1) is 0 Å². The Morgan fingerprint density at radius 3 is 2.77 bits per heavy atom. The first-order valence-electron chi connectivity index (χ1n) is 9.03. The average Bonchev–Trinajstić information content (AvgIpc) is 3.07. The lowest BCUT2D eigenvalue weighted by Crippen LogP contribution is -2.56. The molecule has 2 heterocycles. The first-order chi connectivity index (χ1) is 12.7. The van der Waals surface area contributed by atoms with Gasteiger partial charge < -0.3 is 15.2 Å². The number of rotatable bonds is 5. The normalized spacial score (nSPS) is 17.8. The number of aromatic nitrogens is 1. The Morgan fingerprint density at radius 2 is 1.88 bits per heavy atom. The molecule has 0 bridgehead atoms. The van der Waals surface area contributed by atoms with Crippen molar-refractivity contribution in [1.29, 1.82) is 0 Å². The van der Waals surface area contributed by atoms with Crippen LogP contribution in [0.5, 0.6) is 0 Å². The second kappa shape index (κ2) is 7.52. The zero-order valence-electron chi connectivity index (χ0n) is 14.5. The molecule has 1 atom stereocenters. The fraction of sp³-hybridized carbons (Fsp3) is 0.286. The minimum absolute atomic E-state index is 0.172. The number of halogens is 1. The first-order valence-corrected chi connectivity index (χ1v) is 9.41. The second-order valence-electron chi connectivity index (χ2n) is 6.74. The van der Waals surface area contributed by atoms with Gasteiger partial charge in [0.05, 0.1) is 6.04 Å². The summed E-state index contributed by atoms with van der Waals surface area (Å²) in [6.45, 7) is 2.27. The van der Waals surface area contributed by atoms with Gasteiger partial charge in [0, 0.05) is 41.8 Å². The molecule has 134 valence electrons. The van der Waals surface area contributed by atoms with Crippen LogP contribution in [0.15, 0.2) is 54.7 Å². The molecule has 0 saturated carbocycles. The van der Waals surface area contributed by atoms with Crippen molar-refractivity contribution in [3.05, 3.63) is 70.9 Å². The molecular weight excluding hydrogens is 346 g/mol. The molecule has 1 fully saturated rings. The Kier molecular flexibility index (Phi) is 4.96. The SMILES string of the molecule is O=C1[C@H](Cc2c[nH]c3ccccc23)NCCN1CCc1ccccc1Cl. The average molecular weight is 368 g/mol. The summed E-state index contributed by atoms with van der Waals surface area (Å²) in [6, 6.07) is 15.9. The number of hydrogen-bond donors (Lipinski definition) is 2. The number of para-hydroxylation sites is 1. The van der Waals surface area contributed by atoms with Crippen molar-refractivity contribution in [1.82, 2.24) is 15.2 Å². The van der Waals surface area contributed by atoms with Gasteiger partial charge in [0.2, 0.25) is 5.91 Å². The highest BCUT2D eigenvalue weighted by atomic mass is 35.5. The third-order valence-electron chi connectivity index (χ3n) is 5.09. The van der Waals surface area contributed by atoms with Gasteiger partial charge in [-0.05, 0) is 36.1 Å². The predicted molar refractivity (Wildman–Crippen MR) is 106 cm³/mol. The van der Waals surface area contributed by atoms with E-state index in [1.54, 1.807) is 0 Å². The summed E-state index contributed by atoms with van der Waals surface area (Å²) in [5, 5.41) is 5.34. The topological polar surface area (TPSA) is 48.1 Å². The Balaban J connectivity index is 1.43. The number of H-pyrrole nitrogens is 1. The van der Waals surface area contributed by atoms with Crippen molar-refractivity contribution in [2.24, 2.45) is 0 Å². The van der Waals surface area contributed by atoms with Crippen LogP contribution < -0.4 is 5.32 Å². The van der Waals surface area contributed by atoms with Crippen molar-refractivity contribution in [3.8, 4) is 0 Å². The highest BCUT2D eigenvalue weighted by molar-refractivity contribution is 6.31. The number of nitrogens with zero attached hydrogens (tertiary/aromatic N) is 1. The van der Waals surface area contributed by atoms with E-state index in [0.717, 1.165) is 35.6 Å². The molecule has 2 aromatic carbocycles. The number of hydrogen-bond acceptors (Lipinski definition) is 2. The number of nitrogens with one attached hydrogen (secondary N) is 2. The summed E-state index contributed by atoms with van der Waals surface area (Å²) >= 11 is 6.24. The number of piperazine rings is 1. The molecule has 1 saturated heterocycles. The highest BCUT2D eigenvalue weighted by Crippen LogP contribution is 2.21. The van der Waals surface area contributed by atoms with Crippen molar-refractivity contribution < 1.29 is 4.79 Å². The molecule has 0 radical (unpaired) electrons. The van der Waals surface area contributed by atoms with Crippen LogP contribution in [0.3, 0.4) is 0 Å². The van der Waals surface area contributed by atoms with Crippen LogP contribution in [0, 0.1) is 0 Å².